The van der Waals surface area contributed by atoms with Crippen LogP contribution < -0.4 is 0 Å². The fraction of sp³-hybridized carbons (Fsp3) is 0.440. The molecule has 1 saturated carbocycles. The highest BCUT2D eigenvalue weighted by Gasteiger charge is 2.31. The van der Waals surface area contributed by atoms with E-state index in [9.17, 15) is 0 Å². The molecule has 0 atom stereocenters. The van der Waals surface area contributed by atoms with Crippen LogP contribution in [0.25, 0.3) is 5.69 Å². The lowest BCUT2D eigenvalue weighted by Gasteiger charge is -2.28. The highest BCUT2D eigenvalue weighted by Crippen LogP contribution is 2.41. The Bertz CT molecular complexity index is 1020. The summed E-state index contributed by atoms with van der Waals surface area (Å²) in [4.78, 5) is 2.44. The maximum atomic E-state index is 6.36. The molecule has 0 spiro atoms. The highest BCUT2D eigenvalue weighted by atomic mass is 35.5. The maximum Gasteiger partial charge on any atom is 0.151 e. The van der Waals surface area contributed by atoms with E-state index in [1.807, 2.05) is 6.07 Å². The number of benzene rings is 2. The van der Waals surface area contributed by atoms with E-state index in [2.05, 4.69) is 70.9 Å². The third-order valence-electron chi connectivity index (χ3n) is 6.85. The van der Waals surface area contributed by atoms with Gasteiger partial charge in [0, 0.05) is 23.5 Å². The van der Waals surface area contributed by atoms with Crippen molar-refractivity contribution in [2.24, 2.45) is 0 Å². The molecule has 0 saturated heterocycles. The van der Waals surface area contributed by atoms with E-state index in [0.29, 0.717) is 17.9 Å². The summed E-state index contributed by atoms with van der Waals surface area (Å²) in [5, 5.41) is 10.2. The van der Waals surface area contributed by atoms with Gasteiger partial charge in [-0.25, -0.2) is 0 Å². The van der Waals surface area contributed by atoms with Crippen LogP contribution in [0.15, 0.2) is 48.5 Å². The van der Waals surface area contributed by atoms with Crippen molar-refractivity contribution in [1.82, 2.24) is 19.7 Å². The van der Waals surface area contributed by atoms with Crippen LogP contribution in [0.5, 0.6) is 0 Å². The van der Waals surface area contributed by atoms with E-state index in [1.165, 1.54) is 29.7 Å². The summed E-state index contributed by atoms with van der Waals surface area (Å²) in [6.07, 6.45) is 4.74. The molecule has 156 valence electrons. The number of aromatic nitrogens is 3. The molecule has 1 fully saturated rings. The lowest BCUT2D eigenvalue weighted by Crippen LogP contribution is -2.29. The average Bonchev–Trinajstić information content (AvgIpc) is 3.10. The largest absolute Gasteiger partial charge is 0.289 e. The monoisotopic (exact) mass is 420 g/mol. The lowest BCUT2D eigenvalue weighted by molar-refractivity contribution is 0.201. The molecule has 0 bridgehead atoms. The Morgan fingerprint density at radius 2 is 1.63 bits per heavy atom. The Morgan fingerprint density at radius 3 is 2.37 bits per heavy atom. The first-order valence-electron chi connectivity index (χ1n) is 11.1. The molecular formula is C25H29ClN4. The van der Waals surface area contributed by atoms with Crippen LogP contribution in [-0.4, -0.2) is 25.7 Å². The zero-order chi connectivity index (χ0) is 20.7. The van der Waals surface area contributed by atoms with E-state index in [-0.39, 0.29) is 0 Å². The van der Waals surface area contributed by atoms with Gasteiger partial charge in [0.25, 0.3) is 0 Å². The summed E-state index contributed by atoms with van der Waals surface area (Å²) < 4.78 is 2.33. The summed E-state index contributed by atoms with van der Waals surface area (Å²) in [5.74, 6) is 3.30. The van der Waals surface area contributed by atoms with Gasteiger partial charge in [0.15, 0.2) is 5.82 Å². The van der Waals surface area contributed by atoms with Crippen molar-refractivity contribution in [3.8, 4) is 5.69 Å². The molecule has 2 aliphatic rings. The van der Waals surface area contributed by atoms with Crippen molar-refractivity contribution in [1.29, 1.82) is 0 Å². The van der Waals surface area contributed by atoms with E-state index in [4.69, 9.17) is 16.7 Å². The van der Waals surface area contributed by atoms with Crippen LogP contribution >= 0.6 is 11.6 Å². The van der Waals surface area contributed by atoms with Crippen LogP contribution in [0.2, 0.25) is 5.02 Å². The first kappa shape index (κ1) is 19.8. The van der Waals surface area contributed by atoms with Crippen LogP contribution in [0.3, 0.4) is 0 Å². The van der Waals surface area contributed by atoms with Crippen molar-refractivity contribution in [2.75, 3.05) is 0 Å². The SMILES string of the molecule is CC(C)N1Cc2cc(Cl)ccc2-n2c(nnc2C2CCC(c3ccccc3)CC2)C1. The van der Waals surface area contributed by atoms with Gasteiger partial charge in [-0.05, 0) is 74.8 Å². The molecule has 1 aromatic heterocycles. The van der Waals surface area contributed by atoms with Crippen LogP contribution in [0.4, 0.5) is 0 Å². The minimum Gasteiger partial charge on any atom is -0.289 e. The number of nitrogens with zero attached hydrogens (tertiary/aromatic N) is 4. The topological polar surface area (TPSA) is 34.0 Å². The predicted octanol–water partition coefficient (Wildman–Crippen LogP) is 6.09. The van der Waals surface area contributed by atoms with E-state index in [1.54, 1.807) is 0 Å². The molecule has 2 aromatic carbocycles. The van der Waals surface area contributed by atoms with Crippen molar-refractivity contribution in [3.05, 3.63) is 76.3 Å². The zero-order valence-corrected chi connectivity index (χ0v) is 18.5. The fourth-order valence-electron chi connectivity index (χ4n) is 5.09. The van der Waals surface area contributed by atoms with Crippen molar-refractivity contribution >= 4 is 11.6 Å². The number of rotatable bonds is 3. The van der Waals surface area contributed by atoms with Crippen LogP contribution in [0.1, 0.15) is 74.1 Å². The van der Waals surface area contributed by atoms with Gasteiger partial charge in [-0.15, -0.1) is 10.2 Å². The van der Waals surface area contributed by atoms with Gasteiger partial charge < -0.3 is 0 Å². The summed E-state index contributed by atoms with van der Waals surface area (Å²) in [5.41, 5.74) is 3.93. The fourth-order valence-corrected chi connectivity index (χ4v) is 5.28. The van der Waals surface area contributed by atoms with Gasteiger partial charge in [-0.3, -0.25) is 9.47 Å². The Morgan fingerprint density at radius 1 is 0.900 bits per heavy atom. The number of hydrogen-bond acceptors (Lipinski definition) is 3. The minimum absolute atomic E-state index is 0.435. The Balaban J connectivity index is 1.46. The van der Waals surface area contributed by atoms with Gasteiger partial charge in [0.1, 0.15) is 5.82 Å². The number of fused-ring (bicyclic) bond motifs is 3. The molecule has 5 heteroatoms. The molecule has 30 heavy (non-hydrogen) atoms. The van der Waals surface area contributed by atoms with Crippen molar-refractivity contribution < 1.29 is 0 Å². The second-order valence-corrected chi connectivity index (χ2v) is 9.48. The Labute approximate surface area is 183 Å². The zero-order valence-electron chi connectivity index (χ0n) is 17.8. The molecule has 2 heterocycles. The lowest BCUT2D eigenvalue weighted by atomic mass is 9.78. The molecule has 1 aliphatic heterocycles. The number of hydrogen-bond donors (Lipinski definition) is 0. The third-order valence-corrected chi connectivity index (χ3v) is 7.08. The summed E-state index contributed by atoms with van der Waals surface area (Å²) in [6, 6.07) is 17.6. The van der Waals surface area contributed by atoms with E-state index in [0.717, 1.165) is 42.6 Å². The molecule has 0 N–H and O–H groups in total. The van der Waals surface area contributed by atoms with Gasteiger partial charge in [-0.2, -0.15) is 0 Å². The summed E-state index contributed by atoms with van der Waals surface area (Å²) >= 11 is 6.36. The van der Waals surface area contributed by atoms with Crippen LogP contribution in [-0.2, 0) is 13.1 Å². The quantitative estimate of drug-likeness (QED) is 0.514. The second kappa shape index (κ2) is 8.16. The molecular weight excluding hydrogens is 392 g/mol. The van der Waals surface area contributed by atoms with Gasteiger partial charge in [0.2, 0.25) is 0 Å². The second-order valence-electron chi connectivity index (χ2n) is 9.04. The molecule has 0 amide bonds. The summed E-state index contributed by atoms with van der Waals surface area (Å²) in [6.45, 7) is 6.18. The molecule has 5 rings (SSSR count). The van der Waals surface area contributed by atoms with Crippen molar-refractivity contribution in [2.45, 2.75) is 70.5 Å². The number of halogens is 1. The Kier molecular flexibility index (Phi) is 5.38. The molecule has 3 aromatic rings. The molecule has 1 aliphatic carbocycles. The molecule has 0 radical (unpaired) electrons. The van der Waals surface area contributed by atoms with Crippen LogP contribution in [0, 0.1) is 0 Å². The third kappa shape index (κ3) is 3.67. The Hall–Kier alpha value is -2.17. The molecule has 0 unspecified atom stereocenters. The van der Waals surface area contributed by atoms with Gasteiger partial charge in [-0.1, -0.05) is 41.9 Å². The predicted molar refractivity (Wildman–Crippen MR) is 121 cm³/mol. The summed E-state index contributed by atoms with van der Waals surface area (Å²) in [7, 11) is 0. The first-order chi connectivity index (χ1) is 14.6. The van der Waals surface area contributed by atoms with E-state index >= 15 is 0 Å². The minimum atomic E-state index is 0.435. The van der Waals surface area contributed by atoms with Gasteiger partial charge >= 0.3 is 0 Å². The molecule has 4 nitrogen and oxygen atoms in total. The highest BCUT2D eigenvalue weighted by molar-refractivity contribution is 6.30. The standard InChI is InChI=1S/C25H29ClN4/c1-17(2)29-15-21-14-22(26)12-13-23(21)30-24(16-29)27-28-25(30)20-10-8-19(9-11-20)18-6-4-3-5-7-18/h3-7,12-14,17,19-20H,8-11,15-16H2,1-2H3. The first-order valence-corrected chi connectivity index (χ1v) is 11.5. The normalized spacial score (nSPS) is 21.9. The van der Waals surface area contributed by atoms with E-state index < -0.39 is 0 Å². The van der Waals surface area contributed by atoms with Crippen molar-refractivity contribution in [3.63, 3.8) is 0 Å². The smallest absolute Gasteiger partial charge is 0.151 e. The maximum absolute atomic E-state index is 6.36. The average molecular weight is 421 g/mol. The van der Waals surface area contributed by atoms with Gasteiger partial charge in [0.05, 0.1) is 12.2 Å².